The fourth-order valence-electron chi connectivity index (χ4n) is 13.4. The van der Waals surface area contributed by atoms with Gasteiger partial charge in [-0.15, -0.1) is 0 Å². The third kappa shape index (κ3) is 4.32. The Bertz CT molecular complexity index is 1220. The molecule has 1 amide bonds. The fourth-order valence-corrected chi connectivity index (χ4v) is 13.4. The summed E-state index contributed by atoms with van der Waals surface area (Å²) in [5, 5.41) is 0. The highest BCUT2D eigenvalue weighted by Gasteiger charge is 2.69. The molecule has 0 aromatic rings. The Kier molecular flexibility index (Phi) is 7.15. The van der Waals surface area contributed by atoms with Crippen LogP contribution in [0.4, 0.5) is 0 Å². The number of rotatable bonds is 2. The molecule has 44 heavy (non-hydrogen) atoms. The van der Waals surface area contributed by atoms with E-state index in [2.05, 4.69) is 64.3 Å². The van der Waals surface area contributed by atoms with Crippen LogP contribution in [0.5, 0.6) is 0 Å². The molecule has 0 radical (unpaired) electrons. The van der Waals surface area contributed by atoms with Crippen molar-refractivity contribution in [2.75, 3.05) is 26.3 Å². The lowest BCUT2D eigenvalue weighted by molar-refractivity contribution is -0.212. The lowest BCUT2D eigenvalue weighted by Gasteiger charge is -2.71. The zero-order valence-corrected chi connectivity index (χ0v) is 29.4. The summed E-state index contributed by atoms with van der Waals surface area (Å²) in [4.78, 5) is 31.9. The van der Waals surface area contributed by atoms with Gasteiger partial charge in [-0.05, 0) is 122 Å². The van der Waals surface area contributed by atoms with Crippen LogP contribution in [0.3, 0.4) is 0 Å². The van der Waals surface area contributed by atoms with Crippen LogP contribution in [-0.4, -0.2) is 54.1 Å². The Morgan fingerprint density at radius 3 is 2.25 bits per heavy atom. The third-order valence-corrected chi connectivity index (χ3v) is 16.2. The van der Waals surface area contributed by atoms with Crippen LogP contribution in [0.1, 0.15) is 132 Å². The number of fused-ring (bicyclic) bond motifs is 11. The topological polar surface area (TPSA) is 49.9 Å². The van der Waals surface area contributed by atoms with Crippen LogP contribution in [0, 0.1) is 56.2 Å². The average molecular weight is 607 g/mol. The summed E-state index contributed by atoms with van der Waals surface area (Å²) in [7, 11) is 0. The van der Waals surface area contributed by atoms with Crippen LogP contribution < -0.4 is 0 Å². The van der Waals surface area contributed by atoms with Gasteiger partial charge in [0.1, 0.15) is 6.10 Å². The second-order valence-corrected chi connectivity index (χ2v) is 19.1. The molecule has 5 aliphatic carbocycles. The summed E-state index contributed by atoms with van der Waals surface area (Å²) >= 11 is 0. The first-order chi connectivity index (χ1) is 20.6. The number of allylic oxidation sites excluding steroid dienone is 2. The van der Waals surface area contributed by atoms with Crippen molar-refractivity contribution >= 4 is 11.9 Å². The molecular weight excluding hydrogens is 544 g/mol. The van der Waals surface area contributed by atoms with Crippen molar-refractivity contribution in [1.82, 2.24) is 9.80 Å². The van der Waals surface area contributed by atoms with E-state index in [-0.39, 0.29) is 44.6 Å². The van der Waals surface area contributed by atoms with E-state index in [4.69, 9.17) is 4.74 Å². The quantitative estimate of drug-likeness (QED) is 0.235. The number of amides is 1. The molecule has 5 heteroatoms. The maximum Gasteiger partial charge on any atom is 0.302 e. The molecule has 8 rings (SSSR count). The van der Waals surface area contributed by atoms with E-state index in [9.17, 15) is 9.59 Å². The van der Waals surface area contributed by atoms with Gasteiger partial charge >= 0.3 is 5.97 Å². The number of carbonyl (C=O) groups excluding carboxylic acids is 2. The number of hydrogen-bond donors (Lipinski definition) is 0. The van der Waals surface area contributed by atoms with Gasteiger partial charge in [-0.25, -0.2) is 0 Å². The molecule has 3 aliphatic heterocycles. The molecule has 3 heterocycles. The molecule has 8 atom stereocenters. The van der Waals surface area contributed by atoms with E-state index >= 15 is 0 Å². The first-order valence-electron chi connectivity index (χ1n) is 18.5. The first kappa shape index (κ1) is 31.3. The molecular formula is C39H62N2O3. The Labute approximate surface area is 268 Å². The molecule has 246 valence electrons. The smallest absolute Gasteiger partial charge is 0.302 e. The van der Waals surface area contributed by atoms with Crippen LogP contribution in [0.25, 0.3) is 0 Å². The van der Waals surface area contributed by atoms with Gasteiger partial charge in [0.2, 0.25) is 5.91 Å². The lowest BCUT2D eigenvalue weighted by Crippen LogP contribution is -2.66. The average Bonchev–Trinajstić information content (AvgIpc) is 3.28. The second-order valence-electron chi connectivity index (χ2n) is 19.1. The predicted octanol–water partition coefficient (Wildman–Crippen LogP) is 8.23. The summed E-state index contributed by atoms with van der Waals surface area (Å²) in [5.41, 5.74) is 2.29. The van der Waals surface area contributed by atoms with Crippen molar-refractivity contribution < 1.29 is 14.3 Å². The summed E-state index contributed by atoms with van der Waals surface area (Å²) in [6.07, 6.45) is 16.5. The van der Waals surface area contributed by atoms with Crippen molar-refractivity contribution in [3.8, 4) is 0 Å². The van der Waals surface area contributed by atoms with Crippen LogP contribution in [0.2, 0.25) is 0 Å². The maximum atomic E-state index is 15.0. The summed E-state index contributed by atoms with van der Waals surface area (Å²) in [6.45, 7) is 23.4. The standard InChI is InChI=1S/C39H62N2O3/c1-26(42)44-32-12-15-36(6)30(35(32,4)5)11-16-38(8)31(36)10-9-28-29-23-34(2,3)17-19-39(29,20-18-37(28,38)7)33(43)41-24-27-13-21-40(25-41)22-14-27/h9,27,29-32H,10-25H2,1-8H3/t29-,30-,31+,32-,36-,37+,38+,39-/m0/s1. The summed E-state index contributed by atoms with van der Waals surface area (Å²) in [5.74, 6) is 2.60. The molecule has 3 saturated heterocycles. The van der Waals surface area contributed by atoms with E-state index in [1.807, 2.05) is 0 Å². The molecule has 0 N–H and O–H groups in total. The van der Waals surface area contributed by atoms with E-state index in [0.717, 1.165) is 58.2 Å². The van der Waals surface area contributed by atoms with Crippen LogP contribution in [0.15, 0.2) is 11.6 Å². The predicted molar refractivity (Wildman–Crippen MR) is 175 cm³/mol. The minimum atomic E-state index is -0.222. The van der Waals surface area contributed by atoms with Crippen LogP contribution in [-0.2, 0) is 14.3 Å². The Hall–Kier alpha value is -1.36. The van der Waals surface area contributed by atoms with Crippen molar-refractivity contribution in [3.05, 3.63) is 11.6 Å². The first-order valence-corrected chi connectivity index (χ1v) is 18.5. The number of hydrogen-bond acceptors (Lipinski definition) is 4. The van der Waals surface area contributed by atoms with Gasteiger partial charge in [0.25, 0.3) is 0 Å². The number of ether oxygens (including phenoxy) is 1. The van der Waals surface area contributed by atoms with Gasteiger partial charge in [-0.3, -0.25) is 14.5 Å². The SMILES string of the molecule is CC(=O)O[C@H]1CC[C@]2(C)[C@H]3CC=C4[C@@H]5CC(C)(C)CC[C@]5(C(=O)N5CC6CCN(CC6)C5)CC[C@@]4(C)[C@]3(C)CC[C@H]2C1(C)C. The molecule has 0 unspecified atom stereocenters. The zero-order valence-electron chi connectivity index (χ0n) is 29.4. The Morgan fingerprint density at radius 2 is 1.55 bits per heavy atom. The molecule has 4 saturated carbocycles. The maximum absolute atomic E-state index is 15.0. The van der Waals surface area contributed by atoms with E-state index in [0.29, 0.717) is 29.6 Å². The number of nitrogens with zero attached hydrogens (tertiary/aromatic N) is 2. The second kappa shape index (κ2) is 10.1. The van der Waals surface area contributed by atoms with Crippen LogP contribution >= 0.6 is 0 Å². The molecule has 0 aromatic carbocycles. The number of carbonyl (C=O) groups is 2. The fraction of sp³-hybridized carbons (Fsp3) is 0.897. The zero-order chi connectivity index (χ0) is 31.5. The van der Waals surface area contributed by atoms with Gasteiger partial charge in [0.05, 0.1) is 12.1 Å². The van der Waals surface area contributed by atoms with Gasteiger partial charge in [0, 0.05) is 32.0 Å². The third-order valence-electron chi connectivity index (χ3n) is 16.2. The van der Waals surface area contributed by atoms with Gasteiger partial charge < -0.3 is 9.64 Å². The molecule has 0 spiro atoms. The molecule has 8 aliphatic rings. The van der Waals surface area contributed by atoms with Gasteiger partial charge in [-0.1, -0.05) is 60.1 Å². The summed E-state index contributed by atoms with van der Waals surface area (Å²) in [6, 6.07) is 0. The highest BCUT2D eigenvalue weighted by molar-refractivity contribution is 5.84. The Balaban J connectivity index is 1.25. The van der Waals surface area contributed by atoms with E-state index in [1.54, 1.807) is 12.5 Å². The van der Waals surface area contributed by atoms with Gasteiger partial charge in [-0.2, -0.15) is 0 Å². The van der Waals surface area contributed by atoms with Crippen molar-refractivity contribution in [3.63, 3.8) is 0 Å². The molecule has 0 aromatic heterocycles. The highest BCUT2D eigenvalue weighted by Crippen LogP contribution is 2.76. The normalized spacial score (nSPS) is 48.9. The molecule has 5 nitrogen and oxygen atoms in total. The van der Waals surface area contributed by atoms with Crippen molar-refractivity contribution in [2.24, 2.45) is 56.2 Å². The number of esters is 1. The lowest BCUT2D eigenvalue weighted by atomic mass is 9.33. The highest BCUT2D eigenvalue weighted by atomic mass is 16.5. The van der Waals surface area contributed by atoms with Gasteiger partial charge in [0.15, 0.2) is 0 Å². The van der Waals surface area contributed by atoms with Crippen molar-refractivity contribution in [1.29, 1.82) is 0 Å². The molecule has 7 fully saturated rings. The minimum Gasteiger partial charge on any atom is -0.462 e. The largest absolute Gasteiger partial charge is 0.462 e. The Morgan fingerprint density at radius 1 is 0.841 bits per heavy atom. The monoisotopic (exact) mass is 606 g/mol. The summed E-state index contributed by atoms with van der Waals surface area (Å²) < 4.78 is 5.96. The van der Waals surface area contributed by atoms with E-state index in [1.165, 1.54) is 45.2 Å². The minimum absolute atomic E-state index is 0.0176. The van der Waals surface area contributed by atoms with Crippen molar-refractivity contribution in [2.45, 2.75) is 139 Å². The number of piperidine rings is 1. The van der Waals surface area contributed by atoms with E-state index < -0.39 is 0 Å². The molecule has 2 bridgehead atoms.